The summed E-state index contributed by atoms with van der Waals surface area (Å²) in [4.78, 5) is 1.43. The SMILES string of the molecule is CC1CCC(O)(Cc2nnn(C)n2)C1. The molecule has 0 aliphatic heterocycles. The molecule has 1 aromatic rings. The minimum atomic E-state index is -0.595. The minimum absolute atomic E-state index is 0.533. The van der Waals surface area contributed by atoms with E-state index >= 15 is 0 Å². The fourth-order valence-corrected chi connectivity index (χ4v) is 2.22. The van der Waals surface area contributed by atoms with Crippen molar-refractivity contribution in [1.82, 2.24) is 20.2 Å². The van der Waals surface area contributed by atoms with Gasteiger partial charge in [-0.3, -0.25) is 0 Å². The maximum absolute atomic E-state index is 10.2. The molecule has 0 saturated heterocycles. The van der Waals surface area contributed by atoms with E-state index in [1.54, 1.807) is 7.05 Å². The Balaban J connectivity index is 2.03. The maximum atomic E-state index is 10.2. The molecule has 0 spiro atoms. The quantitative estimate of drug-likeness (QED) is 0.739. The molecule has 1 aliphatic rings. The van der Waals surface area contributed by atoms with Gasteiger partial charge in [0.15, 0.2) is 5.82 Å². The molecule has 1 heterocycles. The van der Waals surface area contributed by atoms with Crippen LogP contribution in [0.4, 0.5) is 0 Å². The van der Waals surface area contributed by atoms with Crippen LogP contribution in [-0.2, 0) is 13.5 Å². The van der Waals surface area contributed by atoms with E-state index in [0.29, 0.717) is 18.2 Å². The smallest absolute Gasteiger partial charge is 0.177 e. The second kappa shape index (κ2) is 3.31. The molecule has 1 fully saturated rings. The van der Waals surface area contributed by atoms with Gasteiger partial charge in [-0.25, -0.2) is 0 Å². The monoisotopic (exact) mass is 196 g/mol. The third kappa shape index (κ3) is 1.92. The molecule has 1 aliphatic carbocycles. The fourth-order valence-electron chi connectivity index (χ4n) is 2.22. The molecule has 2 atom stereocenters. The van der Waals surface area contributed by atoms with Crippen molar-refractivity contribution in [2.75, 3.05) is 0 Å². The zero-order valence-electron chi connectivity index (χ0n) is 8.64. The van der Waals surface area contributed by atoms with Gasteiger partial charge >= 0.3 is 0 Å². The number of aromatic nitrogens is 4. The Morgan fingerprint density at radius 2 is 2.43 bits per heavy atom. The van der Waals surface area contributed by atoms with Crippen LogP contribution in [0.1, 0.15) is 32.0 Å². The van der Waals surface area contributed by atoms with Gasteiger partial charge < -0.3 is 5.11 Å². The van der Waals surface area contributed by atoms with Crippen molar-refractivity contribution in [3.63, 3.8) is 0 Å². The highest BCUT2D eigenvalue weighted by Gasteiger charge is 2.36. The largest absolute Gasteiger partial charge is 0.389 e. The van der Waals surface area contributed by atoms with E-state index in [4.69, 9.17) is 0 Å². The van der Waals surface area contributed by atoms with E-state index in [9.17, 15) is 5.11 Å². The zero-order chi connectivity index (χ0) is 10.2. The normalized spacial score (nSPS) is 32.4. The predicted molar refractivity (Wildman–Crippen MR) is 50.5 cm³/mol. The maximum Gasteiger partial charge on any atom is 0.177 e. The van der Waals surface area contributed by atoms with Gasteiger partial charge in [0.2, 0.25) is 0 Å². The first-order valence-corrected chi connectivity index (χ1v) is 5.03. The molecular formula is C9H16N4O. The summed E-state index contributed by atoms with van der Waals surface area (Å²) in [6.45, 7) is 2.17. The van der Waals surface area contributed by atoms with Gasteiger partial charge in [-0.15, -0.1) is 10.2 Å². The molecule has 1 N–H and O–H groups in total. The molecule has 2 rings (SSSR count). The highest BCUT2D eigenvalue weighted by Crippen LogP contribution is 2.35. The van der Waals surface area contributed by atoms with Crippen molar-refractivity contribution in [2.24, 2.45) is 13.0 Å². The van der Waals surface area contributed by atoms with Crippen LogP contribution in [0.25, 0.3) is 0 Å². The minimum Gasteiger partial charge on any atom is -0.389 e. The number of aryl methyl sites for hydroxylation is 1. The lowest BCUT2D eigenvalue weighted by Gasteiger charge is -2.20. The summed E-state index contributed by atoms with van der Waals surface area (Å²) in [5.41, 5.74) is -0.595. The molecule has 5 heteroatoms. The number of hydrogen-bond acceptors (Lipinski definition) is 4. The average Bonchev–Trinajstić information content (AvgIpc) is 2.60. The second-order valence-corrected chi connectivity index (χ2v) is 4.44. The molecule has 5 nitrogen and oxygen atoms in total. The standard InChI is InChI=1S/C9H16N4O/c1-7-3-4-9(14,5-7)6-8-10-12-13(2)11-8/h7,14H,3-6H2,1-2H3. The van der Waals surface area contributed by atoms with Crippen molar-refractivity contribution >= 4 is 0 Å². The van der Waals surface area contributed by atoms with Crippen molar-refractivity contribution in [2.45, 2.75) is 38.2 Å². The Morgan fingerprint density at radius 1 is 1.64 bits per heavy atom. The van der Waals surface area contributed by atoms with Gasteiger partial charge in [-0.05, 0) is 30.4 Å². The number of tetrazole rings is 1. The molecule has 0 aromatic carbocycles. The summed E-state index contributed by atoms with van der Waals surface area (Å²) >= 11 is 0. The molecular weight excluding hydrogens is 180 g/mol. The van der Waals surface area contributed by atoms with E-state index in [2.05, 4.69) is 22.3 Å². The average molecular weight is 196 g/mol. The molecule has 14 heavy (non-hydrogen) atoms. The molecule has 2 unspecified atom stereocenters. The first kappa shape index (κ1) is 9.58. The molecule has 1 aromatic heterocycles. The van der Waals surface area contributed by atoms with Crippen LogP contribution in [0.2, 0.25) is 0 Å². The van der Waals surface area contributed by atoms with Crippen LogP contribution in [0.15, 0.2) is 0 Å². The summed E-state index contributed by atoms with van der Waals surface area (Å²) in [6.07, 6.45) is 3.33. The van der Waals surface area contributed by atoms with E-state index in [-0.39, 0.29) is 0 Å². The van der Waals surface area contributed by atoms with Crippen LogP contribution in [0, 0.1) is 5.92 Å². The first-order chi connectivity index (χ1) is 6.57. The lowest BCUT2D eigenvalue weighted by molar-refractivity contribution is 0.0426. The summed E-state index contributed by atoms with van der Waals surface area (Å²) in [5.74, 6) is 1.25. The van der Waals surface area contributed by atoms with E-state index in [0.717, 1.165) is 19.3 Å². The second-order valence-electron chi connectivity index (χ2n) is 4.44. The number of hydrogen-bond donors (Lipinski definition) is 1. The van der Waals surface area contributed by atoms with Gasteiger partial charge in [0.05, 0.1) is 12.6 Å². The number of rotatable bonds is 2. The number of nitrogens with zero attached hydrogens (tertiary/aromatic N) is 4. The zero-order valence-corrected chi connectivity index (χ0v) is 8.64. The van der Waals surface area contributed by atoms with E-state index in [1.807, 2.05) is 0 Å². The van der Waals surface area contributed by atoms with Crippen molar-refractivity contribution in [3.8, 4) is 0 Å². The Morgan fingerprint density at radius 3 is 2.93 bits per heavy atom. The molecule has 0 radical (unpaired) electrons. The lowest BCUT2D eigenvalue weighted by atomic mass is 9.96. The highest BCUT2D eigenvalue weighted by molar-refractivity contribution is 4.95. The topological polar surface area (TPSA) is 63.8 Å². The summed E-state index contributed by atoms with van der Waals surface area (Å²) in [6, 6.07) is 0. The van der Waals surface area contributed by atoms with Crippen molar-refractivity contribution in [1.29, 1.82) is 0 Å². The molecule has 78 valence electrons. The Bertz CT molecular complexity index is 324. The van der Waals surface area contributed by atoms with Gasteiger partial charge in [0, 0.05) is 6.42 Å². The Labute approximate surface area is 83.1 Å². The third-order valence-electron chi connectivity index (χ3n) is 2.87. The van der Waals surface area contributed by atoms with Crippen molar-refractivity contribution in [3.05, 3.63) is 5.82 Å². The first-order valence-electron chi connectivity index (χ1n) is 5.03. The third-order valence-corrected chi connectivity index (χ3v) is 2.87. The molecule has 0 bridgehead atoms. The van der Waals surface area contributed by atoms with E-state index < -0.39 is 5.60 Å². The fraction of sp³-hybridized carbons (Fsp3) is 0.889. The summed E-state index contributed by atoms with van der Waals surface area (Å²) < 4.78 is 0. The van der Waals surface area contributed by atoms with Gasteiger partial charge in [0.1, 0.15) is 0 Å². The highest BCUT2D eigenvalue weighted by atomic mass is 16.3. The van der Waals surface area contributed by atoms with Gasteiger partial charge in [-0.2, -0.15) is 4.80 Å². The van der Waals surface area contributed by atoms with Crippen LogP contribution >= 0.6 is 0 Å². The van der Waals surface area contributed by atoms with Crippen LogP contribution < -0.4 is 0 Å². The van der Waals surface area contributed by atoms with Gasteiger partial charge in [-0.1, -0.05) is 6.92 Å². The van der Waals surface area contributed by atoms with Crippen molar-refractivity contribution < 1.29 is 5.11 Å². The summed E-state index contributed by atoms with van der Waals surface area (Å²) in [5, 5.41) is 21.9. The Kier molecular flexibility index (Phi) is 2.26. The number of aliphatic hydroxyl groups is 1. The summed E-state index contributed by atoms with van der Waals surface area (Å²) in [7, 11) is 1.73. The lowest BCUT2D eigenvalue weighted by Crippen LogP contribution is -2.28. The van der Waals surface area contributed by atoms with Crippen LogP contribution in [-0.4, -0.2) is 30.9 Å². The van der Waals surface area contributed by atoms with Crippen LogP contribution in [0.5, 0.6) is 0 Å². The van der Waals surface area contributed by atoms with E-state index in [1.165, 1.54) is 4.80 Å². The van der Waals surface area contributed by atoms with Crippen LogP contribution in [0.3, 0.4) is 0 Å². The van der Waals surface area contributed by atoms with Gasteiger partial charge in [0.25, 0.3) is 0 Å². The molecule has 0 amide bonds. The molecule has 1 saturated carbocycles. The Hall–Kier alpha value is -0.970. The predicted octanol–water partition coefficient (Wildman–Crippen LogP) is 0.304.